The highest BCUT2D eigenvalue weighted by Gasteiger charge is 2.12. The summed E-state index contributed by atoms with van der Waals surface area (Å²) < 4.78 is 27.8. The first-order chi connectivity index (χ1) is 6.69. The molecule has 0 unspecified atom stereocenters. The zero-order valence-corrected chi connectivity index (χ0v) is 6.87. The number of nitrogens with one attached hydrogen (secondary N) is 1. The molecule has 0 aromatic heterocycles. The van der Waals surface area contributed by atoms with Gasteiger partial charge in [0.1, 0.15) is 17.4 Å². The lowest BCUT2D eigenvalue weighted by atomic mass is 10.2. The van der Waals surface area contributed by atoms with Crippen molar-refractivity contribution in [1.82, 2.24) is 0 Å². The van der Waals surface area contributed by atoms with Crippen molar-refractivity contribution in [3.8, 4) is 11.8 Å². The van der Waals surface area contributed by atoms with Crippen LogP contribution in [0.4, 0.5) is 14.5 Å². The highest BCUT2D eigenvalue weighted by Crippen LogP contribution is 2.26. The molecule has 0 aliphatic heterocycles. The maximum absolute atomic E-state index is 11.9. The zero-order valence-electron chi connectivity index (χ0n) is 6.87. The quantitative estimate of drug-likeness (QED) is 0.732. The minimum Gasteiger partial charge on any atom is -0.433 e. The smallest absolute Gasteiger partial charge is 0.387 e. The molecule has 4 nitrogen and oxygen atoms in total. The van der Waals surface area contributed by atoms with E-state index < -0.39 is 6.61 Å². The Labute approximate surface area is 78.3 Å². The number of alkyl halides is 2. The fourth-order valence-electron chi connectivity index (χ4n) is 0.934. The molecule has 0 aliphatic rings. The Morgan fingerprint density at radius 2 is 2.21 bits per heavy atom. The first-order valence-corrected chi connectivity index (χ1v) is 3.57. The molecule has 2 N–H and O–H groups in total. The second-order valence-corrected chi connectivity index (χ2v) is 2.28. The van der Waals surface area contributed by atoms with Crippen molar-refractivity contribution in [3.05, 3.63) is 23.8 Å². The molecule has 0 fully saturated rings. The average molecular weight is 200 g/mol. The Morgan fingerprint density at radius 1 is 1.50 bits per heavy atom. The Kier molecular flexibility index (Phi) is 3.20. The third-order valence-corrected chi connectivity index (χ3v) is 1.47. The Morgan fingerprint density at radius 3 is 2.71 bits per heavy atom. The van der Waals surface area contributed by atoms with Crippen LogP contribution >= 0.6 is 0 Å². The molecule has 0 atom stereocenters. The first-order valence-electron chi connectivity index (χ1n) is 3.57. The summed E-state index contributed by atoms with van der Waals surface area (Å²) in [5.41, 5.74) is 1.56. The van der Waals surface area contributed by atoms with Crippen LogP contribution in [0.1, 0.15) is 5.56 Å². The predicted octanol–water partition coefficient (Wildman–Crippen LogP) is 1.96. The summed E-state index contributed by atoms with van der Waals surface area (Å²) in [5, 5.41) is 17.2. The minimum atomic E-state index is -3.00. The van der Waals surface area contributed by atoms with Gasteiger partial charge < -0.3 is 4.74 Å². The van der Waals surface area contributed by atoms with E-state index in [-0.39, 0.29) is 17.0 Å². The molecule has 0 saturated heterocycles. The summed E-state index contributed by atoms with van der Waals surface area (Å²) in [6.07, 6.45) is 0. The Bertz CT molecular complexity index is 363. The number of nitrogens with zero attached hydrogens (tertiary/aromatic N) is 1. The van der Waals surface area contributed by atoms with E-state index in [2.05, 4.69) is 4.74 Å². The lowest BCUT2D eigenvalue weighted by Crippen LogP contribution is -2.05. The standard InChI is InChI=1S/C8H6F2N2O2/c9-8(10)14-7-3-1-2-6(12-13)5(7)4-11/h1-3,8,12-13H. The van der Waals surface area contributed by atoms with Crippen LogP contribution in [-0.2, 0) is 0 Å². The van der Waals surface area contributed by atoms with E-state index in [0.29, 0.717) is 0 Å². The predicted molar refractivity (Wildman–Crippen MR) is 43.2 cm³/mol. The van der Waals surface area contributed by atoms with Crippen molar-refractivity contribution in [1.29, 1.82) is 5.26 Å². The summed E-state index contributed by atoms with van der Waals surface area (Å²) in [4.78, 5) is 0. The molecule has 0 saturated carbocycles. The number of anilines is 1. The second kappa shape index (κ2) is 4.39. The van der Waals surface area contributed by atoms with Crippen molar-refractivity contribution in [2.75, 3.05) is 5.48 Å². The fraction of sp³-hybridized carbons (Fsp3) is 0.125. The largest absolute Gasteiger partial charge is 0.433 e. The molecule has 0 radical (unpaired) electrons. The SMILES string of the molecule is N#Cc1c(NO)cccc1OC(F)F. The number of nitriles is 1. The highest BCUT2D eigenvalue weighted by atomic mass is 19.3. The third kappa shape index (κ3) is 2.08. The molecule has 0 heterocycles. The van der Waals surface area contributed by atoms with E-state index >= 15 is 0 Å². The molecule has 1 aromatic rings. The number of hydrogen-bond donors (Lipinski definition) is 2. The van der Waals surface area contributed by atoms with Crippen molar-refractivity contribution >= 4 is 5.69 Å². The minimum absolute atomic E-state index is 0.0191. The van der Waals surface area contributed by atoms with E-state index in [1.165, 1.54) is 18.2 Å². The van der Waals surface area contributed by atoms with Gasteiger partial charge in [-0.05, 0) is 12.1 Å². The highest BCUT2D eigenvalue weighted by molar-refractivity contribution is 5.62. The maximum atomic E-state index is 11.9. The number of ether oxygens (including phenoxy) is 1. The molecule has 1 aromatic carbocycles. The normalized spacial score (nSPS) is 9.64. The van der Waals surface area contributed by atoms with Crippen LogP contribution < -0.4 is 10.2 Å². The maximum Gasteiger partial charge on any atom is 0.387 e. The van der Waals surface area contributed by atoms with Crippen LogP contribution in [0.2, 0.25) is 0 Å². The number of hydrogen-bond acceptors (Lipinski definition) is 4. The van der Waals surface area contributed by atoms with Crippen molar-refractivity contribution in [3.63, 3.8) is 0 Å². The van der Waals surface area contributed by atoms with Gasteiger partial charge in [0.25, 0.3) is 0 Å². The van der Waals surface area contributed by atoms with Gasteiger partial charge in [-0.2, -0.15) is 14.0 Å². The number of benzene rings is 1. The van der Waals surface area contributed by atoms with Crippen LogP contribution in [0.25, 0.3) is 0 Å². The van der Waals surface area contributed by atoms with E-state index in [1.807, 2.05) is 0 Å². The molecule has 6 heteroatoms. The van der Waals surface area contributed by atoms with Gasteiger partial charge in [0.2, 0.25) is 0 Å². The van der Waals surface area contributed by atoms with E-state index in [4.69, 9.17) is 10.5 Å². The van der Waals surface area contributed by atoms with E-state index in [1.54, 1.807) is 11.5 Å². The van der Waals surface area contributed by atoms with Gasteiger partial charge in [-0.25, -0.2) is 0 Å². The van der Waals surface area contributed by atoms with Gasteiger partial charge in [0.15, 0.2) is 0 Å². The summed E-state index contributed by atoms with van der Waals surface area (Å²) in [5.74, 6) is -0.276. The summed E-state index contributed by atoms with van der Waals surface area (Å²) in [6.45, 7) is -3.00. The Hall–Kier alpha value is -1.87. The van der Waals surface area contributed by atoms with Gasteiger partial charge >= 0.3 is 6.61 Å². The number of halogens is 2. The van der Waals surface area contributed by atoms with Gasteiger partial charge in [0.05, 0.1) is 5.69 Å². The van der Waals surface area contributed by atoms with Crippen LogP contribution in [-0.4, -0.2) is 11.8 Å². The lowest BCUT2D eigenvalue weighted by Gasteiger charge is -2.08. The van der Waals surface area contributed by atoms with Crippen LogP contribution in [0.15, 0.2) is 18.2 Å². The molecular weight excluding hydrogens is 194 g/mol. The Balaban J connectivity index is 3.10. The molecule has 0 bridgehead atoms. The van der Waals surface area contributed by atoms with Crippen molar-refractivity contribution < 1.29 is 18.7 Å². The van der Waals surface area contributed by atoms with Crippen LogP contribution in [0.5, 0.6) is 5.75 Å². The van der Waals surface area contributed by atoms with Gasteiger partial charge in [0, 0.05) is 0 Å². The number of rotatable bonds is 3. The molecule has 0 aliphatic carbocycles. The van der Waals surface area contributed by atoms with Gasteiger partial charge in [-0.15, -0.1) is 0 Å². The van der Waals surface area contributed by atoms with E-state index in [9.17, 15) is 8.78 Å². The monoisotopic (exact) mass is 200 g/mol. The second-order valence-electron chi connectivity index (χ2n) is 2.28. The van der Waals surface area contributed by atoms with Crippen LogP contribution in [0, 0.1) is 11.3 Å². The molecular formula is C8H6F2N2O2. The van der Waals surface area contributed by atoms with Gasteiger partial charge in [-0.1, -0.05) is 6.07 Å². The zero-order chi connectivity index (χ0) is 10.6. The average Bonchev–Trinajstić information content (AvgIpc) is 2.16. The molecule has 14 heavy (non-hydrogen) atoms. The molecule has 0 spiro atoms. The first kappa shape index (κ1) is 10.2. The summed E-state index contributed by atoms with van der Waals surface area (Å²) >= 11 is 0. The van der Waals surface area contributed by atoms with Crippen molar-refractivity contribution in [2.45, 2.75) is 6.61 Å². The lowest BCUT2D eigenvalue weighted by molar-refractivity contribution is -0.0500. The van der Waals surface area contributed by atoms with E-state index in [0.717, 1.165) is 0 Å². The molecule has 74 valence electrons. The van der Waals surface area contributed by atoms with Crippen LogP contribution in [0.3, 0.4) is 0 Å². The molecule has 0 amide bonds. The summed E-state index contributed by atoms with van der Waals surface area (Å²) in [7, 11) is 0. The topological polar surface area (TPSA) is 65.3 Å². The van der Waals surface area contributed by atoms with Crippen molar-refractivity contribution in [2.24, 2.45) is 0 Å². The summed E-state index contributed by atoms with van der Waals surface area (Å²) in [6, 6.07) is 5.58. The molecule has 1 rings (SSSR count). The third-order valence-electron chi connectivity index (χ3n) is 1.47. The fourth-order valence-corrected chi connectivity index (χ4v) is 0.934. The van der Waals surface area contributed by atoms with Gasteiger partial charge in [-0.3, -0.25) is 10.7 Å².